The van der Waals surface area contributed by atoms with Gasteiger partial charge in [0, 0.05) is 5.25 Å². The molecule has 1 amide bonds. The highest BCUT2D eigenvalue weighted by atomic mass is 32.2. The molecule has 2 atom stereocenters. The van der Waals surface area contributed by atoms with Crippen LogP contribution in [0.25, 0.3) is 11.1 Å². The van der Waals surface area contributed by atoms with E-state index in [0.717, 1.165) is 6.42 Å². The second kappa shape index (κ2) is 10.6. The zero-order valence-corrected chi connectivity index (χ0v) is 16.5. The molecule has 0 spiro atoms. The predicted molar refractivity (Wildman–Crippen MR) is 112 cm³/mol. The van der Waals surface area contributed by atoms with E-state index in [-0.39, 0.29) is 17.0 Å². The molecule has 0 saturated heterocycles. The lowest BCUT2D eigenvalue weighted by atomic mass is 10.0. The van der Waals surface area contributed by atoms with Crippen molar-refractivity contribution < 1.29 is 14.3 Å². The van der Waals surface area contributed by atoms with E-state index >= 15 is 0 Å². The second-order valence-corrected chi connectivity index (χ2v) is 7.71. The van der Waals surface area contributed by atoms with Crippen molar-refractivity contribution in [1.82, 2.24) is 5.32 Å². The number of carbonyl (C=O) groups excluding carboxylic acids is 2. The molecule has 0 unspecified atom stereocenters. The summed E-state index contributed by atoms with van der Waals surface area (Å²) in [5.74, 6) is 0. The average Bonchev–Trinajstić information content (AvgIpc) is 2.67. The fraction of sp³-hybridized carbons (Fsp3) is 0.273. The molecule has 5 heteroatoms. The number of thioether (sulfide) groups is 1. The molecule has 0 aliphatic heterocycles. The minimum Gasteiger partial charge on any atom is -0.445 e. The highest BCUT2D eigenvalue weighted by Gasteiger charge is 2.19. The summed E-state index contributed by atoms with van der Waals surface area (Å²) in [6.07, 6.45) is 1.64. The largest absolute Gasteiger partial charge is 0.445 e. The molecular weight excluding hydrogens is 358 g/mol. The summed E-state index contributed by atoms with van der Waals surface area (Å²) in [5.41, 5.74) is 3.53. The van der Waals surface area contributed by atoms with E-state index in [9.17, 15) is 9.59 Å². The first-order valence-electron chi connectivity index (χ1n) is 8.88. The number of benzene rings is 2. The van der Waals surface area contributed by atoms with Crippen LogP contribution in [0.5, 0.6) is 0 Å². The smallest absolute Gasteiger partial charge is 0.408 e. The van der Waals surface area contributed by atoms with Gasteiger partial charge in [0.1, 0.15) is 6.61 Å². The number of rotatable bonds is 8. The van der Waals surface area contributed by atoms with Crippen LogP contribution in [0.4, 0.5) is 4.79 Å². The molecular formula is C22H25NO3S. The number of carbonyl (C=O) groups is 2. The summed E-state index contributed by atoms with van der Waals surface area (Å²) in [5, 5.41) is 2.55. The maximum atomic E-state index is 12.3. The molecule has 2 rings (SSSR count). The second-order valence-electron chi connectivity index (χ2n) is 6.27. The monoisotopic (exact) mass is 383 g/mol. The molecule has 142 valence electrons. The van der Waals surface area contributed by atoms with E-state index in [1.807, 2.05) is 25.1 Å². The number of nitrogens with one attached hydrogen (secondary N) is 1. The van der Waals surface area contributed by atoms with Gasteiger partial charge in [0.25, 0.3) is 0 Å². The summed E-state index contributed by atoms with van der Waals surface area (Å²) in [4.78, 5) is 23.8. The van der Waals surface area contributed by atoms with Gasteiger partial charge in [0.15, 0.2) is 0 Å². The third kappa shape index (κ3) is 6.94. The maximum Gasteiger partial charge on any atom is 0.408 e. The van der Waals surface area contributed by atoms with Crippen LogP contribution in [0.2, 0.25) is 0 Å². The van der Waals surface area contributed by atoms with Gasteiger partial charge in [-0.15, -0.1) is 0 Å². The quantitative estimate of drug-likeness (QED) is 0.663. The van der Waals surface area contributed by atoms with Gasteiger partial charge in [-0.1, -0.05) is 85.9 Å². The molecule has 0 radical (unpaired) electrons. The molecule has 0 fully saturated rings. The first-order valence-corrected chi connectivity index (χ1v) is 9.76. The van der Waals surface area contributed by atoms with Crippen LogP contribution in [-0.4, -0.2) is 29.1 Å². The van der Waals surface area contributed by atoms with Crippen molar-refractivity contribution in [3.05, 3.63) is 72.8 Å². The standard InChI is InChI=1S/C22H25NO3S/c1-4-14-26-22(25)23-17(3)21(24)27-16(2)15-18-10-12-20(13-11-18)19-8-6-5-7-9-19/h4-13,16-17H,1,14-15H2,2-3H3,(H,23,25)/t16-,17+/m0/s1. The Labute approximate surface area is 165 Å². The van der Waals surface area contributed by atoms with Crippen molar-refractivity contribution in [2.24, 2.45) is 0 Å². The van der Waals surface area contributed by atoms with Crippen molar-refractivity contribution in [3.63, 3.8) is 0 Å². The zero-order valence-electron chi connectivity index (χ0n) is 15.7. The van der Waals surface area contributed by atoms with Gasteiger partial charge in [-0.3, -0.25) is 4.79 Å². The third-order valence-electron chi connectivity index (χ3n) is 3.92. The van der Waals surface area contributed by atoms with Crippen LogP contribution in [0.1, 0.15) is 19.4 Å². The lowest BCUT2D eigenvalue weighted by Crippen LogP contribution is -2.38. The van der Waals surface area contributed by atoms with Crippen LogP contribution in [0, 0.1) is 0 Å². The third-order valence-corrected chi connectivity index (χ3v) is 5.08. The number of alkyl carbamates (subject to hydrolysis) is 1. The molecule has 27 heavy (non-hydrogen) atoms. The maximum absolute atomic E-state index is 12.3. The van der Waals surface area contributed by atoms with Crippen molar-refractivity contribution in [2.45, 2.75) is 31.6 Å². The molecule has 2 aromatic rings. The first kappa shape index (κ1) is 20.8. The van der Waals surface area contributed by atoms with Gasteiger partial charge < -0.3 is 10.1 Å². The van der Waals surface area contributed by atoms with E-state index in [1.54, 1.807) is 6.92 Å². The van der Waals surface area contributed by atoms with Crippen LogP contribution in [-0.2, 0) is 16.0 Å². The van der Waals surface area contributed by atoms with Gasteiger partial charge in [-0.05, 0) is 30.0 Å². The molecule has 0 bridgehead atoms. The molecule has 2 aromatic carbocycles. The lowest BCUT2D eigenvalue weighted by Gasteiger charge is -2.15. The van der Waals surface area contributed by atoms with Crippen LogP contribution in [0.15, 0.2) is 67.3 Å². The van der Waals surface area contributed by atoms with Crippen molar-refractivity contribution in [1.29, 1.82) is 0 Å². The fourth-order valence-corrected chi connectivity index (χ4v) is 3.49. The number of amides is 1. The number of hydrogen-bond donors (Lipinski definition) is 1. The Morgan fingerprint density at radius 3 is 2.33 bits per heavy atom. The van der Waals surface area contributed by atoms with Gasteiger partial charge in [-0.2, -0.15) is 0 Å². The Bertz CT molecular complexity index is 759. The number of ether oxygens (including phenoxy) is 1. The number of hydrogen-bond acceptors (Lipinski definition) is 4. The first-order chi connectivity index (χ1) is 13.0. The summed E-state index contributed by atoms with van der Waals surface area (Å²) >= 11 is 1.24. The van der Waals surface area contributed by atoms with Crippen LogP contribution < -0.4 is 5.32 Å². The fourth-order valence-electron chi connectivity index (χ4n) is 2.55. The minimum atomic E-state index is -0.611. The summed E-state index contributed by atoms with van der Waals surface area (Å²) < 4.78 is 4.83. The molecule has 0 saturated carbocycles. The Kier molecular flexibility index (Phi) is 8.14. The SMILES string of the molecule is C=CCOC(=O)N[C@H](C)C(=O)S[C@@H](C)Cc1ccc(-c2ccccc2)cc1. The van der Waals surface area contributed by atoms with E-state index in [0.29, 0.717) is 0 Å². The van der Waals surface area contributed by atoms with Gasteiger partial charge in [-0.25, -0.2) is 4.79 Å². The highest BCUT2D eigenvalue weighted by molar-refractivity contribution is 8.14. The molecule has 0 aliphatic rings. The topological polar surface area (TPSA) is 55.4 Å². The summed E-state index contributed by atoms with van der Waals surface area (Å²) in [6.45, 7) is 7.26. The van der Waals surface area contributed by atoms with Crippen molar-refractivity contribution >= 4 is 23.0 Å². The Balaban J connectivity index is 1.84. The molecule has 0 heterocycles. The van der Waals surface area contributed by atoms with Gasteiger partial charge >= 0.3 is 6.09 Å². The van der Waals surface area contributed by atoms with Crippen molar-refractivity contribution in [3.8, 4) is 11.1 Å². The molecule has 4 nitrogen and oxygen atoms in total. The molecule has 0 aromatic heterocycles. The average molecular weight is 384 g/mol. The van der Waals surface area contributed by atoms with E-state index in [1.165, 1.54) is 34.5 Å². The lowest BCUT2D eigenvalue weighted by molar-refractivity contribution is -0.112. The van der Waals surface area contributed by atoms with E-state index < -0.39 is 12.1 Å². The van der Waals surface area contributed by atoms with E-state index in [2.05, 4.69) is 48.3 Å². The molecule has 0 aliphatic carbocycles. The van der Waals surface area contributed by atoms with Gasteiger partial charge in [0.2, 0.25) is 5.12 Å². The Morgan fingerprint density at radius 1 is 1.07 bits per heavy atom. The predicted octanol–water partition coefficient (Wildman–Crippen LogP) is 4.85. The zero-order chi connectivity index (χ0) is 19.6. The molecule has 1 N–H and O–H groups in total. The Hall–Kier alpha value is -2.53. The minimum absolute atomic E-state index is 0.0843. The summed E-state index contributed by atoms with van der Waals surface area (Å²) in [7, 11) is 0. The highest BCUT2D eigenvalue weighted by Crippen LogP contribution is 2.22. The van der Waals surface area contributed by atoms with E-state index in [4.69, 9.17) is 4.74 Å². The van der Waals surface area contributed by atoms with Crippen LogP contribution >= 0.6 is 11.8 Å². The Morgan fingerprint density at radius 2 is 1.70 bits per heavy atom. The van der Waals surface area contributed by atoms with Crippen LogP contribution in [0.3, 0.4) is 0 Å². The summed E-state index contributed by atoms with van der Waals surface area (Å²) in [6, 6.07) is 18.0. The van der Waals surface area contributed by atoms with Gasteiger partial charge in [0.05, 0.1) is 6.04 Å². The normalized spacial score (nSPS) is 12.7. The van der Waals surface area contributed by atoms with Crippen molar-refractivity contribution in [2.75, 3.05) is 6.61 Å².